The molecule has 1 unspecified atom stereocenters. The van der Waals surface area contributed by atoms with Gasteiger partial charge in [-0.05, 0) is 46.7 Å². The highest BCUT2D eigenvalue weighted by Crippen LogP contribution is 2.37. The van der Waals surface area contributed by atoms with E-state index in [2.05, 4.69) is 57.3 Å². The third-order valence-corrected chi connectivity index (χ3v) is 5.36. The highest BCUT2D eigenvalue weighted by atomic mass is 32.1. The maximum atomic E-state index is 5.03. The van der Waals surface area contributed by atoms with Gasteiger partial charge in [0.05, 0.1) is 11.2 Å². The van der Waals surface area contributed by atoms with Gasteiger partial charge >= 0.3 is 0 Å². The van der Waals surface area contributed by atoms with Gasteiger partial charge in [-0.2, -0.15) is 0 Å². The van der Waals surface area contributed by atoms with Crippen LogP contribution in [0.5, 0.6) is 0 Å². The lowest BCUT2D eigenvalue weighted by Crippen LogP contribution is -2.46. The van der Waals surface area contributed by atoms with Gasteiger partial charge in [-0.15, -0.1) is 11.3 Å². The molecule has 1 fully saturated rings. The van der Waals surface area contributed by atoms with E-state index in [1.807, 2.05) is 11.3 Å². The fraction of sp³-hybridized carbons (Fsp3) is 0.824. The molecule has 0 amide bonds. The standard InChI is InChI=1S/C17H31N3S/c1-13(2)19-17(8-7-10-20(6)11-9-17)15-18-14(12-21-15)16(3,4)5/h12-13,19H,7-11H2,1-6H3. The number of aromatic nitrogens is 1. The van der Waals surface area contributed by atoms with Crippen molar-refractivity contribution in [1.29, 1.82) is 0 Å². The summed E-state index contributed by atoms with van der Waals surface area (Å²) in [6.07, 6.45) is 3.58. The molecule has 3 nitrogen and oxygen atoms in total. The van der Waals surface area contributed by atoms with E-state index in [-0.39, 0.29) is 11.0 Å². The fourth-order valence-electron chi connectivity index (χ4n) is 3.08. The zero-order valence-electron chi connectivity index (χ0n) is 14.5. The predicted molar refractivity (Wildman–Crippen MR) is 92.1 cm³/mol. The average molecular weight is 310 g/mol. The van der Waals surface area contributed by atoms with Crippen molar-refractivity contribution in [2.75, 3.05) is 20.1 Å². The maximum absolute atomic E-state index is 5.03. The highest BCUT2D eigenvalue weighted by molar-refractivity contribution is 7.09. The Morgan fingerprint density at radius 1 is 1.29 bits per heavy atom. The van der Waals surface area contributed by atoms with Crippen molar-refractivity contribution in [3.05, 3.63) is 16.1 Å². The second kappa shape index (κ2) is 6.35. The first-order valence-corrected chi connectivity index (χ1v) is 9.04. The second-order valence-electron chi connectivity index (χ2n) is 7.83. The van der Waals surface area contributed by atoms with Crippen LogP contribution in [0.15, 0.2) is 5.38 Å². The van der Waals surface area contributed by atoms with E-state index in [0.717, 1.165) is 13.0 Å². The normalized spacial score (nSPS) is 25.3. The number of nitrogens with one attached hydrogen (secondary N) is 1. The molecule has 21 heavy (non-hydrogen) atoms. The zero-order valence-corrected chi connectivity index (χ0v) is 15.3. The van der Waals surface area contributed by atoms with Crippen LogP contribution >= 0.6 is 11.3 Å². The van der Waals surface area contributed by atoms with Crippen LogP contribution in [0.2, 0.25) is 0 Å². The van der Waals surface area contributed by atoms with Crippen molar-refractivity contribution in [3.8, 4) is 0 Å². The van der Waals surface area contributed by atoms with E-state index in [1.54, 1.807) is 0 Å². The number of likely N-dealkylation sites (tertiary alicyclic amines) is 1. The van der Waals surface area contributed by atoms with Gasteiger partial charge < -0.3 is 10.2 Å². The summed E-state index contributed by atoms with van der Waals surface area (Å²) in [6, 6.07) is 0.482. The number of hydrogen-bond donors (Lipinski definition) is 1. The summed E-state index contributed by atoms with van der Waals surface area (Å²) in [4.78, 5) is 7.48. The molecule has 4 heteroatoms. The third-order valence-electron chi connectivity index (χ3n) is 4.31. The van der Waals surface area contributed by atoms with Crippen LogP contribution in [0.4, 0.5) is 0 Å². The molecule has 0 saturated carbocycles. The van der Waals surface area contributed by atoms with Gasteiger partial charge in [-0.25, -0.2) is 4.98 Å². The summed E-state index contributed by atoms with van der Waals surface area (Å²) in [5, 5.41) is 7.40. The quantitative estimate of drug-likeness (QED) is 0.921. The SMILES string of the molecule is CC(C)NC1(c2nc(C(C)(C)C)cs2)CCCN(C)CC1. The Hall–Kier alpha value is -0.450. The molecule has 0 aliphatic carbocycles. The molecule has 0 spiro atoms. The molecule has 1 aromatic rings. The second-order valence-corrected chi connectivity index (χ2v) is 8.68. The minimum atomic E-state index is 0.0626. The van der Waals surface area contributed by atoms with Crippen LogP contribution in [-0.4, -0.2) is 36.1 Å². The fourth-order valence-corrected chi connectivity index (χ4v) is 4.35. The Bertz CT molecular complexity index is 461. The molecule has 0 radical (unpaired) electrons. The lowest BCUT2D eigenvalue weighted by molar-refractivity contribution is 0.259. The number of nitrogens with zero attached hydrogens (tertiary/aromatic N) is 2. The Balaban J connectivity index is 2.33. The first-order chi connectivity index (χ1) is 9.73. The monoisotopic (exact) mass is 309 g/mol. The Kier molecular flexibility index (Phi) is 5.11. The molecule has 2 heterocycles. The Morgan fingerprint density at radius 3 is 2.57 bits per heavy atom. The molecule has 1 atom stereocenters. The number of thiazole rings is 1. The molecule has 0 aromatic carbocycles. The van der Waals surface area contributed by atoms with Gasteiger partial charge in [0.2, 0.25) is 0 Å². The molecule has 1 N–H and O–H groups in total. The summed E-state index contributed by atoms with van der Waals surface area (Å²) in [7, 11) is 2.23. The van der Waals surface area contributed by atoms with Crippen LogP contribution < -0.4 is 5.32 Å². The molecule has 1 aliphatic rings. The smallest absolute Gasteiger partial charge is 0.113 e. The summed E-state index contributed by atoms with van der Waals surface area (Å²) < 4.78 is 0. The van der Waals surface area contributed by atoms with Crippen LogP contribution in [0.1, 0.15) is 64.6 Å². The van der Waals surface area contributed by atoms with Crippen molar-refractivity contribution >= 4 is 11.3 Å². The van der Waals surface area contributed by atoms with Crippen molar-refractivity contribution in [2.45, 2.75) is 70.9 Å². The summed E-state index contributed by atoms with van der Waals surface area (Å²) >= 11 is 1.84. The average Bonchev–Trinajstić information content (AvgIpc) is 2.78. The molecule has 1 aliphatic heterocycles. The first-order valence-electron chi connectivity index (χ1n) is 8.16. The Morgan fingerprint density at radius 2 is 2.00 bits per heavy atom. The largest absolute Gasteiger partial charge is 0.306 e. The maximum Gasteiger partial charge on any atom is 0.113 e. The van der Waals surface area contributed by atoms with E-state index in [9.17, 15) is 0 Å². The van der Waals surface area contributed by atoms with Gasteiger partial charge in [-0.1, -0.05) is 20.8 Å². The van der Waals surface area contributed by atoms with Crippen molar-refractivity contribution in [3.63, 3.8) is 0 Å². The van der Waals surface area contributed by atoms with Crippen LogP contribution in [0.3, 0.4) is 0 Å². The van der Waals surface area contributed by atoms with Crippen molar-refractivity contribution in [1.82, 2.24) is 15.2 Å². The molecular formula is C17H31N3S. The molecule has 0 bridgehead atoms. The van der Waals surface area contributed by atoms with E-state index in [4.69, 9.17) is 4.98 Å². The minimum absolute atomic E-state index is 0.0626. The third kappa shape index (κ3) is 4.05. The van der Waals surface area contributed by atoms with Gasteiger partial charge in [0.1, 0.15) is 5.01 Å². The van der Waals surface area contributed by atoms with E-state index in [0.29, 0.717) is 6.04 Å². The Labute approximate surface area is 134 Å². The van der Waals surface area contributed by atoms with Gasteiger partial charge in [-0.3, -0.25) is 0 Å². The lowest BCUT2D eigenvalue weighted by Gasteiger charge is -2.34. The van der Waals surface area contributed by atoms with Crippen LogP contribution in [-0.2, 0) is 11.0 Å². The number of hydrogen-bond acceptors (Lipinski definition) is 4. The molecular weight excluding hydrogens is 278 g/mol. The van der Waals surface area contributed by atoms with Gasteiger partial charge in [0.15, 0.2) is 0 Å². The summed E-state index contributed by atoms with van der Waals surface area (Å²) in [5.41, 5.74) is 1.42. The van der Waals surface area contributed by atoms with E-state index < -0.39 is 0 Å². The summed E-state index contributed by atoms with van der Waals surface area (Å²) in [5.74, 6) is 0. The molecule has 2 rings (SSSR count). The van der Waals surface area contributed by atoms with Crippen LogP contribution in [0.25, 0.3) is 0 Å². The highest BCUT2D eigenvalue weighted by Gasteiger charge is 2.37. The molecule has 1 aromatic heterocycles. The van der Waals surface area contributed by atoms with Gasteiger partial charge in [0, 0.05) is 23.4 Å². The van der Waals surface area contributed by atoms with Gasteiger partial charge in [0.25, 0.3) is 0 Å². The topological polar surface area (TPSA) is 28.2 Å². The van der Waals surface area contributed by atoms with Crippen molar-refractivity contribution < 1.29 is 0 Å². The van der Waals surface area contributed by atoms with Crippen molar-refractivity contribution in [2.24, 2.45) is 0 Å². The number of rotatable bonds is 3. The van der Waals surface area contributed by atoms with E-state index in [1.165, 1.54) is 30.1 Å². The minimum Gasteiger partial charge on any atom is -0.306 e. The van der Waals surface area contributed by atoms with E-state index >= 15 is 0 Å². The first kappa shape index (κ1) is 16.9. The summed E-state index contributed by atoms with van der Waals surface area (Å²) in [6.45, 7) is 13.6. The predicted octanol–water partition coefficient (Wildman–Crippen LogP) is 3.75. The molecule has 1 saturated heterocycles. The molecule has 120 valence electrons. The van der Waals surface area contributed by atoms with Crippen LogP contribution in [0, 0.1) is 0 Å². The lowest BCUT2D eigenvalue weighted by atomic mass is 9.89. The zero-order chi connectivity index (χ0) is 15.7.